The van der Waals surface area contributed by atoms with E-state index in [0.29, 0.717) is 13.1 Å². The first-order valence-electron chi connectivity index (χ1n) is 12.9. The number of nitrogens with zero attached hydrogens (tertiary/aromatic N) is 3. The van der Waals surface area contributed by atoms with Gasteiger partial charge in [0.15, 0.2) is 9.84 Å². The molecule has 1 aliphatic heterocycles. The number of carbonyl (C=O) groups excluding carboxylic acids is 1. The van der Waals surface area contributed by atoms with Crippen molar-refractivity contribution in [3.05, 3.63) is 35.0 Å². The molecule has 200 valence electrons. The summed E-state index contributed by atoms with van der Waals surface area (Å²) in [6, 6.07) is 9.66. The number of aliphatic hydroxyl groups excluding tert-OH is 1. The second kappa shape index (κ2) is 11.1. The summed E-state index contributed by atoms with van der Waals surface area (Å²) in [6.07, 6.45) is 3.56. The lowest BCUT2D eigenvalue weighted by atomic mass is 9.76. The number of thiazole rings is 1. The zero-order valence-corrected chi connectivity index (χ0v) is 23.4. The molecule has 2 N–H and O–H groups in total. The van der Waals surface area contributed by atoms with Crippen LogP contribution in [0.4, 0.5) is 5.69 Å². The zero-order chi connectivity index (χ0) is 26.8. The number of sulfone groups is 1. The normalized spacial score (nSPS) is 22.7. The molecule has 0 bridgehead atoms. The van der Waals surface area contributed by atoms with E-state index in [4.69, 9.17) is 4.98 Å². The van der Waals surface area contributed by atoms with Gasteiger partial charge >= 0.3 is 0 Å². The van der Waals surface area contributed by atoms with E-state index in [9.17, 15) is 23.6 Å². The Kier molecular flexibility index (Phi) is 8.26. The highest BCUT2D eigenvalue weighted by Crippen LogP contribution is 2.46. The van der Waals surface area contributed by atoms with Crippen molar-refractivity contribution in [2.24, 2.45) is 5.92 Å². The largest absolute Gasteiger partial charge is 0.395 e. The number of rotatable bonds is 7. The quantitative estimate of drug-likeness (QED) is 0.546. The Morgan fingerprint density at radius 2 is 1.89 bits per heavy atom. The number of amides is 1. The predicted octanol–water partition coefficient (Wildman–Crippen LogP) is 3.62. The van der Waals surface area contributed by atoms with Crippen LogP contribution in [0.1, 0.15) is 63.1 Å². The Morgan fingerprint density at radius 3 is 2.51 bits per heavy atom. The van der Waals surface area contributed by atoms with Gasteiger partial charge < -0.3 is 15.3 Å². The summed E-state index contributed by atoms with van der Waals surface area (Å²) in [5.41, 5.74) is 2.36. The summed E-state index contributed by atoms with van der Waals surface area (Å²) in [7, 11) is -2.95. The van der Waals surface area contributed by atoms with Gasteiger partial charge in [-0.05, 0) is 37.5 Å². The third kappa shape index (κ3) is 6.16. The molecule has 2 heterocycles. The van der Waals surface area contributed by atoms with Gasteiger partial charge in [-0.1, -0.05) is 38.8 Å². The molecule has 1 aliphatic carbocycles. The molecule has 3 unspecified atom stereocenters. The fourth-order valence-corrected chi connectivity index (χ4v) is 7.50. The van der Waals surface area contributed by atoms with Crippen LogP contribution in [0, 0.1) is 17.2 Å². The molecule has 2 fully saturated rings. The minimum absolute atomic E-state index is 0.0372. The molecular weight excluding hydrogens is 508 g/mol. The van der Waals surface area contributed by atoms with Gasteiger partial charge in [0.25, 0.3) is 0 Å². The number of hydrogen-bond acceptors (Lipinski definition) is 8. The van der Waals surface area contributed by atoms with Gasteiger partial charge in [-0.2, -0.15) is 5.26 Å². The van der Waals surface area contributed by atoms with E-state index < -0.39 is 21.3 Å². The Balaban J connectivity index is 1.69. The summed E-state index contributed by atoms with van der Waals surface area (Å²) < 4.78 is 23.6. The minimum Gasteiger partial charge on any atom is -0.395 e. The predicted molar refractivity (Wildman–Crippen MR) is 146 cm³/mol. The molecule has 37 heavy (non-hydrogen) atoms. The van der Waals surface area contributed by atoms with Crippen LogP contribution in [0.2, 0.25) is 0 Å². The van der Waals surface area contributed by atoms with Crippen LogP contribution in [0.3, 0.4) is 0 Å². The van der Waals surface area contributed by atoms with Crippen molar-refractivity contribution in [1.82, 2.24) is 10.3 Å². The number of aromatic nitrogens is 1. The van der Waals surface area contributed by atoms with E-state index in [1.165, 1.54) is 0 Å². The summed E-state index contributed by atoms with van der Waals surface area (Å²) in [4.78, 5) is 21.3. The second-order valence-corrected chi connectivity index (χ2v) is 14.1. The van der Waals surface area contributed by atoms with E-state index in [1.807, 2.05) is 38.1 Å². The first-order chi connectivity index (χ1) is 17.5. The Morgan fingerprint density at radius 1 is 1.24 bits per heavy atom. The molecule has 1 amide bonds. The van der Waals surface area contributed by atoms with Crippen LogP contribution >= 0.6 is 11.3 Å². The Labute approximate surface area is 223 Å². The lowest BCUT2D eigenvalue weighted by Crippen LogP contribution is -2.40. The average Bonchev–Trinajstić information content (AvgIpc) is 3.35. The van der Waals surface area contributed by atoms with Gasteiger partial charge in [-0.15, -0.1) is 11.3 Å². The van der Waals surface area contributed by atoms with Crippen LogP contribution in [-0.4, -0.2) is 61.7 Å². The van der Waals surface area contributed by atoms with Crippen LogP contribution in [0.15, 0.2) is 24.3 Å². The molecule has 0 radical (unpaired) electrons. The number of benzene rings is 1. The van der Waals surface area contributed by atoms with Crippen LogP contribution < -0.4 is 10.2 Å². The molecule has 3 atom stereocenters. The second-order valence-electron chi connectivity index (χ2n) is 10.8. The first-order valence-corrected chi connectivity index (χ1v) is 15.6. The monoisotopic (exact) mass is 544 g/mol. The van der Waals surface area contributed by atoms with E-state index in [-0.39, 0.29) is 35.9 Å². The van der Waals surface area contributed by atoms with Crippen molar-refractivity contribution < 1.29 is 18.3 Å². The summed E-state index contributed by atoms with van der Waals surface area (Å²) in [6.45, 7) is 6.55. The standard InChI is InChI=1S/C27H36N4O4S2/c1-18(16-28)29-25(33)22-7-5-4-6-21(22)23-24(36-26(30-23)27(2,3)17-32)19-8-10-20(11-9-19)31-12-14-37(34,35)15-13-31/h8-11,18,21-22,32H,4-7,12-15,17H2,1-3H3,(H,29,33). The van der Waals surface area contributed by atoms with E-state index in [1.54, 1.807) is 18.3 Å². The van der Waals surface area contributed by atoms with Crippen molar-refractivity contribution in [3.8, 4) is 16.5 Å². The molecule has 4 rings (SSSR count). The highest BCUT2D eigenvalue weighted by Gasteiger charge is 2.37. The number of aliphatic hydroxyl groups is 1. The maximum Gasteiger partial charge on any atom is 0.224 e. The molecule has 1 aromatic carbocycles. The van der Waals surface area contributed by atoms with Crippen molar-refractivity contribution in [3.63, 3.8) is 0 Å². The zero-order valence-electron chi connectivity index (χ0n) is 21.7. The molecule has 0 spiro atoms. The van der Waals surface area contributed by atoms with E-state index in [0.717, 1.165) is 52.5 Å². The van der Waals surface area contributed by atoms with Crippen molar-refractivity contribution in [2.45, 2.75) is 63.8 Å². The summed E-state index contributed by atoms with van der Waals surface area (Å²) >= 11 is 1.56. The topological polar surface area (TPSA) is 123 Å². The smallest absolute Gasteiger partial charge is 0.224 e. The fourth-order valence-electron chi connectivity index (χ4n) is 5.07. The molecular formula is C27H36N4O4S2. The third-order valence-corrected chi connectivity index (χ3v) is 10.6. The summed E-state index contributed by atoms with van der Waals surface area (Å²) in [5.74, 6) is -0.0894. The van der Waals surface area contributed by atoms with Crippen molar-refractivity contribution in [2.75, 3.05) is 36.1 Å². The highest BCUT2D eigenvalue weighted by molar-refractivity contribution is 7.91. The van der Waals surface area contributed by atoms with Gasteiger partial charge in [0.1, 0.15) is 11.0 Å². The average molecular weight is 545 g/mol. The van der Waals surface area contributed by atoms with Gasteiger partial charge in [0.2, 0.25) is 5.91 Å². The van der Waals surface area contributed by atoms with Gasteiger partial charge in [-0.25, -0.2) is 13.4 Å². The maximum absolute atomic E-state index is 13.1. The fraction of sp³-hybridized carbons (Fsp3) is 0.593. The molecule has 2 aliphatic rings. The van der Waals surface area contributed by atoms with Crippen LogP contribution in [0.5, 0.6) is 0 Å². The lowest BCUT2D eigenvalue weighted by Gasteiger charge is -2.31. The van der Waals surface area contributed by atoms with Crippen molar-refractivity contribution in [1.29, 1.82) is 5.26 Å². The van der Waals surface area contributed by atoms with E-state index >= 15 is 0 Å². The van der Waals surface area contributed by atoms with Gasteiger partial charge in [0.05, 0.1) is 34.8 Å². The SMILES string of the molecule is CC(C#N)NC(=O)C1CCCCC1c1nc(C(C)(C)CO)sc1-c1ccc(N2CCS(=O)(=O)CC2)cc1. The minimum atomic E-state index is -2.95. The van der Waals surface area contributed by atoms with E-state index in [2.05, 4.69) is 16.3 Å². The molecule has 1 aromatic heterocycles. The maximum atomic E-state index is 13.1. The number of hydrogen-bond donors (Lipinski definition) is 2. The molecule has 10 heteroatoms. The van der Waals surface area contributed by atoms with Gasteiger partial charge in [0, 0.05) is 36.0 Å². The highest BCUT2D eigenvalue weighted by atomic mass is 32.2. The third-order valence-electron chi connectivity index (χ3n) is 7.47. The van der Waals surface area contributed by atoms with Gasteiger partial charge in [-0.3, -0.25) is 4.79 Å². The number of carbonyl (C=O) groups is 1. The molecule has 8 nitrogen and oxygen atoms in total. The van der Waals surface area contributed by atoms with Crippen molar-refractivity contribution >= 4 is 32.8 Å². The lowest BCUT2D eigenvalue weighted by molar-refractivity contribution is -0.126. The number of nitrogens with one attached hydrogen (secondary N) is 1. The Hall–Kier alpha value is -2.48. The Bertz CT molecular complexity index is 1250. The first kappa shape index (κ1) is 27.6. The van der Waals surface area contributed by atoms with Crippen LogP contribution in [-0.2, 0) is 20.0 Å². The number of nitriles is 1. The van der Waals surface area contributed by atoms with Crippen LogP contribution in [0.25, 0.3) is 10.4 Å². The molecule has 2 aromatic rings. The number of anilines is 1. The molecule has 1 saturated carbocycles. The molecule has 1 saturated heterocycles. The summed E-state index contributed by atoms with van der Waals surface area (Å²) in [5, 5.41) is 22.9.